The van der Waals surface area contributed by atoms with Crippen LogP contribution in [0.1, 0.15) is 16.1 Å². The van der Waals surface area contributed by atoms with E-state index in [0.29, 0.717) is 18.2 Å². The van der Waals surface area contributed by atoms with E-state index in [1.807, 2.05) is 29.2 Å². The quantitative estimate of drug-likeness (QED) is 0.694. The molecule has 0 N–H and O–H groups in total. The molecule has 0 unspecified atom stereocenters. The molecule has 0 atom stereocenters. The fourth-order valence-corrected chi connectivity index (χ4v) is 4.11. The minimum absolute atomic E-state index is 0.0541. The van der Waals surface area contributed by atoms with Crippen LogP contribution in [-0.2, 0) is 6.42 Å². The third-order valence-corrected chi connectivity index (χ3v) is 5.68. The summed E-state index contributed by atoms with van der Waals surface area (Å²) in [6.07, 6.45) is 2.59. The largest absolute Gasteiger partial charge is 0.368 e. The van der Waals surface area contributed by atoms with Gasteiger partial charge in [0.15, 0.2) is 0 Å². The van der Waals surface area contributed by atoms with Crippen molar-refractivity contribution in [1.29, 1.82) is 0 Å². The predicted molar refractivity (Wildman–Crippen MR) is 115 cm³/mol. The van der Waals surface area contributed by atoms with Crippen LogP contribution in [0.5, 0.6) is 0 Å². The molecule has 1 aromatic heterocycles. The maximum absolute atomic E-state index is 13.1. The monoisotopic (exact) mass is 385 g/mol. The van der Waals surface area contributed by atoms with E-state index < -0.39 is 0 Å². The van der Waals surface area contributed by atoms with Crippen LogP contribution in [0.4, 0.5) is 17.3 Å². The highest BCUT2D eigenvalue weighted by molar-refractivity contribution is 6.06. The van der Waals surface area contributed by atoms with E-state index in [1.54, 1.807) is 12.3 Å². The second-order valence-corrected chi connectivity index (χ2v) is 7.39. The fourth-order valence-electron chi connectivity index (χ4n) is 4.11. The number of anilines is 3. The van der Waals surface area contributed by atoms with Crippen LogP contribution in [-0.4, -0.2) is 48.6 Å². The van der Waals surface area contributed by atoms with Crippen LogP contribution in [0, 0.1) is 0 Å². The van der Waals surface area contributed by atoms with Crippen LogP contribution in [0.3, 0.4) is 0 Å². The molecule has 0 aliphatic carbocycles. The zero-order valence-electron chi connectivity index (χ0n) is 16.2. The van der Waals surface area contributed by atoms with Crippen molar-refractivity contribution in [3.8, 4) is 0 Å². The van der Waals surface area contributed by atoms with Crippen molar-refractivity contribution in [2.24, 2.45) is 0 Å². The van der Waals surface area contributed by atoms with Crippen LogP contribution >= 0.6 is 0 Å². The van der Waals surface area contributed by atoms with Crippen molar-refractivity contribution in [3.63, 3.8) is 0 Å². The molecule has 5 rings (SSSR count). The smallest absolute Gasteiger partial charge is 0.277 e. The molecule has 2 aliphatic heterocycles. The van der Waals surface area contributed by atoms with Crippen LogP contribution in [0.2, 0.25) is 0 Å². The standard InChI is InChI=1S/C23H23N5O/c29-22(28-13-11-18-6-4-5-9-21(18)28)20-10-12-24-23(25-20)27-16-14-26(15-17-27)19-7-2-1-3-8-19/h1-10,12H,11,13-17H2. The molecule has 3 aromatic rings. The van der Waals surface area contributed by atoms with Gasteiger partial charge >= 0.3 is 0 Å². The van der Waals surface area contributed by atoms with Gasteiger partial charge < -0.3 is 14.7 Å². The number of hydrogen-bond acceptors (Lipinski definition) is 5. The van der Waals surface area contributed by atoms with Gasteiger partial charge in [0.05, 0.1) is 0 Å². The molecule has 0 spiro atoms. The van der Waals surface area contributed by atoms with Gasteiger partial charge in [-0.05, 0) is 36.2 Å². The molecular weight excluding hydrogens is 362 g/mol. The van der Waals surface area contributed by atoms with Gasteiger partial charge in [0, 0.05) is 50.3 Å². The number of fused-ring (bicyclic) bond motifs is 1. The highest BCUT2D eigenvalue weighted by Crippen LogP contribution is 2.28. The maximum atomic E-state index is 13.1. The second-order valence-electron chi connectivity index (χ2n) is 7.39. The lowest BCUT2D eigenvalue weighted by atomic mass is 10.2. The highest BCUT2D eigenvalue weighted by atomic mass is 16.2. The van der Waals surface area contributed by atoms with Gasteiger partial charge in [0.25, 0.3) is 5.91 Å². The van der Waals surface area contributed by atoms with Gasteiger partial charge in [0.1, 0.15) is 5.69 Å². The topological polar surface area (TPSA) is 52.6 Å². The van der Waals surface area contributed by atoms with E-state index in [0.717, 1.165) is 38.3 Å². The summed E-state index contributed by atoms with van der Waals surface area (Å²) in [7, 11) is 0. The highest BCUT2D eigenvalue weighted by Gasteiger charge is 2.27. The minimum Gasteiger partial charge on any atom is -0.368 e. The summed E-state index contributed by atoms with van der Waals surface area (Å²) in [4.78, 5) is 28.5. The van der Waals surface area contributed by atoms with Gasteiger partial charge in [-0.2, -0.15) is 0 Å². The lowest BCUT2D eigenvalue weighted by Gasteiger charge is -2.36. The van der Waals surface area contributed by atoms with E-state index in [9.17, 15) is 4.79 Å². The third kappa shape index (κ3) is 3.42. The van der Waals surface area contributed by atoms with Gasteiger partial charge in [-0.3, -0.25) is 4.79 Å². The number of carbonyl (C=O) groups is 1. The fraction of sp³-hybridized carbons (Fsp3) is 0.261. The first-order chi connectivity index (χ1) is 14.3. The first-order valence-corrected chi connectivity index (χ1v) is 10.1. The average Bonchev–Trinajstić information content (AvgIpc) is 3.24. The first-order valence-electron chi connectivity index (χ1n) is 10.1. The normalized spacial score (nSPS) is 16.1. The predicted octanol–water partition coefficient (Wildman–Crippen LogP) is 3.01. The zero-order chi connectivity index (χ0) is 19.6. The van der Waals surface area contributed by atoms with E-state index >= 15 is 0 Å². The van der Waals surface area contributed by atoms with Crippen molar-refractivity contribution >= 4 is 23.2 Å². The number of amides is 1. The molecule has 146 valence electrons. The van der Waals surface area contributed by atoms with Crippen LogP contribution in [0.25, 0.3) is 0 Å². The summed E-state index contributed by atoms with van der Waals surface area (Å²) in [6.45, 7) is 4.18. The Balaban J connectivity index is 1.30. The average molecular weight is 385 g/mol. The Morgan fingerprint density at radius 1 is 0.793 bits per heavy atom. The summed E-state index contributed by atoms with van der Waals surface area (Å²) in [5.74, 6) is 0.581. The summed E-state index contributed by atoms with van der Waals surface area (Å²) in [5, 5.41) is 0. The van der Waals surface area contributed by atoms with Crippen molar-refractivity contribution in [2.45, 2.75) is 6.42 Å². The summed E-state index contributed by atoms with van der Waals surface area (Å²) >= 11 is 0. The number of hydrogen-bond donors (Lipinski definition) is 0. The number of piperazine rings is 1. The lowest BCUT2D eigenvalue weighted by Crippen LogP contribution is -2.47. The summed E-state index contributed by atoms with van der Waals surface area (Å²) in [5.41, 5.74) is 3.91. The first kappa shape index (κ1) is 17.7. The number of rotatable bonds is 3. The van der Waals surface area contributed by atoms with Crippen molar-refractivity contribution in [2.75, 3.05) is 47.4 Å². The van der Waals surface area contributed by atoms with Gasteiger partial charge in [-0.25, -0.2) is 9.97 Å². The zero-order valence-corrected chi connectivity index (χ0v) is 16.2. The molecule has 1 saturated heterocycles. The van der Waals surface area contributed by atoms with E-state index in [1.165, 1.54) is 11.3 Å². The van der Waals surface area contributed by atoms with Gasteiger partial charge in [0.2, 0.25) is 5.95 Å². The Bertz CT molecular complexity index is 1010. The number of para-hydroxylation sites is 2. The van der Waals surface area contributed by atoms with Gasteiger partial charge in [-0.15, -0.1) is 0 Å². The Hall–Kier alpha value is -3.41. The maximum Gasteiger partial charge on any atom is 0.277 e. The Morgan fingerprint density at radius 2 is 1.52 bits per heavy atom. The molecule has 2 aromatic carbocycles. The molecule has 1 amide bonds. The molecule has 1 fully saturated rings. The lowest BCUT2D eigenvalue weighted by molar-refractivity contribution is 0.0984. The second kappa shape index (κ2) is 7.54. The van der Waals surface area contributed by atoms with Crippen LogP contribution in [0.15, 0.2) is 66.9 Å². The van der Waals surface area contributed by atoms with Crippen LogP contribution < -0.4 is 14.7 Å². The summed E-state index contributed by atoms with van der Waals surface area (Å²) in [6, 6.07) is 20.2. The van der Waals surface area contributed by atoms with E-state index in [2.05, 4.69) is 50.1 Å². The molecule has 3 heterocycles. The number of carbonyl (C=O) groups excluding carboxylic acids is 1. The summed E-state index contributed by atoms with van der Waals surface area (Å²) < 4.78 is 0. The third-order valence-electron chi connectivity index (χ3n) is 5.68. The minimum atomic E-state index is -0.0541. The van der Waals surface area contributed by atoms with Crippen molar-refractivity contribution < 1.29 is 4.79 Å². The number of aromatic nitrogens is 2. The molecule has 2 aliphatic rings. The Labute approximate surface area is 170 Å². The van der Waals surface area contributed by atoms with Gasteiger partial charge in [-0.1, -0.05) is 36.4 Å². The molecule has 0 bridgehead atoms. The Morgan fingerprint density at radius 3 is 2.34 bits per heavy atom. The SMILES string of the molecule is O=C(c1ccnc(N2CCN(c3ccccc3)CC2)n1)N1CCc2ccccc21. The molecule has 0 radical (unpaired) electrons. The van der Waals surface area contributed by atoms with E-state index in [-0.39, 0.29) is 5.91 Å². The van der Waals surface area contributed by atoms with Crippen molar-refractivity contribution in [1.82, 2.24) is 9.97 Å². The molecule has 29 heavy (non-hydrogen) atoms. The molecular formula is C23H23N5O. The Kier molecular flexibility index (Phi) is 4.60. The number of nitrogens with zero attached hydrogens (tertiary/aromatic N) is 5. The molecule has 0 saturated carbocycles. The number of benzene rings is 2. The molecule has 6 heteroatoms. The molecule has 6 nitrogen and oxygen atoms in total. The van der Waals surface area contributed by atoms with Crippen molar-refractivity contribution in [3.05, 3.63) is 78.1 Å². The van der Waals surface area contributed by atoms with E-state index in [4.69, 9.17) is 0 Å².